The molecule has 0 saturated heterocycles. The van der Waals surface area contributed by atoms with Gasteiger partial charge in [0.05, 0.1) is 11.8 Å². The van der Waals surface area contributed by atoms with Crippen LogP contribution in [0.15, 0.2) is 42.5 Å². The monoisotopic (exact) mass is 390 g/mol. The van der Waals surface area contributed by atoms with Gasteiger partial charge < -0.3 is 10.6 Å². The highest BCUT2D eigenvalue weighted by atomic mass is 35.5. The topological polar surface area (TPSA) is 58.2 Å². The SMILES string of the molecule is Cc1cccc(NC(=O)C2CC2C(=O)NCCc2ccc(Cl)cc2Cl)c1. The van der Waals surface area contributed by atoms with E-state index in [-0.39, 0.29) is 23.7 Å². The molecule has 2 atom stereocenters. The lowest BCUT2D eigenvalue weighted by Crippen LogP contribution is -2.29. The zero-order chi connectivity index (χ0) is 18.7. The van der Waals surface area contributed by atoms with Crippen molar-refractivity contribution in [2.24, 2.45) is 11.8 Å². The summed E-state index contributed by atoms with van der Waals surface area (Å²) in [6, 6.07) is 12.9. The van der Waals surface area contributed by atoms with Gasteiger partial charge in [-0.25, -0.2) is 0 Å². The van der Waals surface area contributed by atoms with Crippen LogP contribution in [0.3, 0.4) is 0 Å². The molecule has 26 heavy (non-hydrogen) atoms. The molecule has 2 N–H and O–H groups in total. The minimum absolute atomic E-state index is 0.0838. The molecule has 2 aromatic carbocycles. The average molecular weight is 391 g/mol. The Bertz CT molecular complexity index is 838. The van der Waals surface area contributed by atoms with Crippen molar-refractivity contribution < 1.29 is 9.59 Å². The molecule has 4 nitrogen and oxygen atoms in total. The molecule has 3 rings (SSSR count). The maximum atomic E-state index is 12.3. The van der Waals surface area contributed by atoms with Gasteiger partial charge in [0.25, 0.3) is 0 Å². The van der Waals surface area contributed by atoms with Crippen molar-refractivity contribution in [1.82, 2.24) is 5.32 Å². The van der Waals surface area contributed by atoms with E-state index in [9.17, 15) is 9.59 Å². The smallest absolute Gasteiger partial charge is 0.228 e. The number of hydrogen-bond donors (Lipinski definition) is 2. The Labute approximate surface area is 162 Å². The van der Waals surface area contributed by atoms with Crippen molar-refractivity contribution in [3.63, 3.8) is 0 Å². The van der Waals surface area contributed by atoms with E-state index < -0.39 is 0 Å². The number of halogens is 2. The number of aryl methyl sites for hydroxylation is 1. The molecule has 1 fully saturated rings. The second-order valence-electron chi connectivity index (χ2n) is 6.58. The predicted molar refractivity (Wildman–Crippen MR) is 105 cm³/mol. The third kappa shape index (κ3) is 4.77. The maximum Gasteiger partial charge on any atom is 0.228 e. The van der Waals surface area contributed by atoms with Crippen LogP contribution in [0.2, 0.25) is 10.0 Å². The van der Waals surface area contributed by atoms with Crippen molar-refractivity contribution in [1.29, 1.82) is 0 Å². The first-order valence-electron chi connectivity index (χ1n) is 8.53. The van der Waals surface area contributed by atoms with Crippen molar-refractivity contribution in [2.75, 3.05) is 11.9 Å². The molecular weight excluding hydrogens is 371 g/mol. The molecule has 2 aromatic rings. The van der Waals surface area contributed by atoms with Crippen LogP contribution < -0.4 is 10.6 Å². The molecule has 2 amide bonds. The quantitative estimate of drug-likeness (QED) is 0.774. The predicted octanol–water partition coefficient (Wildman–Crippen LogP) is 4.24. The number of anilines is 1. The Morgan fingerprint density at radius 2 is 1.85 bits per heavy atom. The van der Waals surface area contributed by atoms with Crippen LogP contribution in [0.1, 0.15) is 17.5 Å². The number of nitrogens with one attached hydrogen (secondary N) is 2. The van der Waals surface area contributed by atoms with Gasteiger partial charge in [0.15, 0.2) is 0 Å². The maximum absolute atomic E-state index is 12.3. The van der Waals surface area contributed by atoms with Crippen LogP contribution in [0.4, 0.5) is 5.69 Å². The van der Waals surface area contributed by atoms with E-state index in [0.717, 1.165) is 16.8 Å². The number of benzene rings is 2. The normalized spacial score (nSPS) is 18.3. The standard InChI is InChI=1S/C20H20Cl2N2O2/c1-12-3-2-4-15(9-12)24-20(26)17-11-16(17)19(25)23-8-7-13-5-6-14(21)10-18(13)22/h2-6,9-10,16-17H,7-8,11H2,1H3,(H,23,25)(H,24,26). The van der Waals surface area contributed by atoms with Crippen molar-refractivity contribution in [3.05, 3.63) is 63.6 Å². The van der Waals surface area contributed by atoms with E-state index in [0.29, 0.717) is 29.4 Å². The van der Waals surface area contributed by atoms with E-state index in [1.54, 1.807) is 12.1 Å². The lowest BCUT2D eigenvalue weighted by atomic mass is 10.1. The minimum atomic E-state index is -0.255. The summed E-state index contributed by atoms with van der Waals surface area (Å²) in [6.07, 6.45) is 1.21. The zero-order valence-corrected chi connectivity index (χ0v) is 15.9. The third-order valence-corrected chi connectivity index (χ3v) is 5.05. The van der Waals surface area contributed by atoms with Crippen molar-refractivity contribution >= 4 is 40.7 Å². The molecule has 0 spiro atoms. The minimum Gasteiger partial charge on any atom is -0.356 e. The highest BCUT2D eigenvalue weighted by Gasteiger charge is 2.47. The molecule has 0 bridgehead atoms. The van der Waals surface area contributed by atoms with Gasteiger partial charge in [0, 0.05) is 22.3 Å². The van der Waals surface area contributed by atoms with Gasteiger partial charge in [0.2, 0.25) is 11.8 Å². The molecule has 1 saturated carbocycles. The highest BCUT2D eigenvalue weighted by Crippen LogP contribution is 2.39. The fourth-order valence-electron chi connectivity index (χ4n) is 2.91. The van der Waals surface area contributed by atoms with E-state index in [2.05, 4.69) is 10.6 Å². The Morgan fingerprint density at radius 1 is 1.08 bits per heavy atom. The Morgan fingerprint density at radius 3 is 2.58 bits per heavy atom. The first-order valence-corrected chi connectivity index (χ1v) is 9.29. The average Bonchev–Trinajstić information content (AvgIpc) is 3.37. The van der Waals surface area contributed by atoms with Gasteiger partial charge in [-0.1, -0.05) is 41.4 Å². The molecule has 0 heterocycles. The first-order chi connectivity index (χ1) is 12.4. The van der Waals surface area contributed by atoms with E-state index >= 15 is 0 Å². The summed E-state index contributed by atoms with van der Waals surface area (Å²) >= 11 is 12.0. The van der Waals surface area contributed by atoms with Crippen LogP contribution in [-0.2, 0) is 16.0 Å². The number of rotatable bonds is 6. The summed E-state index contributed by atoms with van der Waals surface area (Å²) in [5, 5.41) is 6.94. The summed E-state index contributed by atoms with van der Waals surface area (Å²) in [5.41, 5.74) is 2.77. The molecule has 0 aromatic heterocycles. The van der Waals surface area contributed by atoms with Crippen LogP contribution in [0.25, 0.3) is 0 Å². The number of amides is 2. The Balaban J connectivity index is 1.44. The first kappa shape index (κ1) is 18.7. The van der Waals surface area contributed by atoms with E-state index in [1.165, 1.54) is 0 Å². The van der Waals surface area contributed by atoms with Crippen molar-refractivity contribution in [2.45, 2.75) is 19.8 Å². The van der Waals surface area contributed by atoms with Crippen LogP contribution in [0.5, 0.6) is 0 Å². The molecule has 1 aliphatic rings. The summed E-state index contributed by atoms with van der Waals surface area (Å²) in [6.45, 7) is 2.44. The zero-order valence-electron chi connectivity index (χ0n) is 14.4. The molecular formula is C20H20Cl2N2O2. The number of carbonyl (C=O) groups is 2. The molecule has 2 unspecified atom stereocenters. The van der Waals surface area contributed by atoms with E-state index in [1.807, 2.05) is 37.3 Å². The largest absolute Gasteiger partial charge is 0.356 e. The summed E-state index contributed by atoms with van der Waals surface area (Å²) in [5.74, 6) is -0.689. The van der Waals surface area contributed by atoms with Gasteiger partial charge in [-0.2, -0.15) is 0 Å². The summed E-state index contributed by atoms with van der Waals surface area (Å²) < 4.78 is 0. The van der Waals surface area contributed by atoms with Crippen LogP contribution >= 0.6 is 23.2 Å². The Hall–Kier alpha value is -2.04. The number of hydrogen-bond acceptors (Lipinski definition) is 2. The number of carbonyl (C=O) groups excluding carboxylic acids is 2. The lowest BCUT2D eigenvalue weighted by Gasteiger charge is -2.08. The van der Waals surface area contributed by atoms with Gasteiger partial charge in [-0.3, -0.25) is 9.59 Å². The molecule has 1 aliphatic carbocycles. The molecule has 0 radical (unpaired) electrons. The van der Waals surface area contributed by atoms with Gasteiger partial charge in [-0.15, -0.1) is 0 Å². The van der Waals surface area contributed by atoms with Crippen molar-refractivity contribution in [3.8, 4) is 0 Å². The second-order valence-corrected chi connectivity index (χ2v) is 7.43. The molecule has 0 aliphatic heterocycles. The van der Waals surface area contributed by atoms with Gasteiger partial charge in [0.1, 0.15) is 0 Å². The van der Waals surface area contributed by atoms with Crippen LogP contribution in [0, 0.1) is 18.8 Å². The summed E-state index contributed by atoms with van der Waals surface area (Å²) in [7, 11) is 0. The highest BCUT2D eigenvalue weighted by molar-refractivity contribution is 6.35. The van der Waals surface area contributed by atoms with Gasteiger partial charge in [-0.05, 0) is 55.2 Å². The summed E-state index contributed by atoms with van der Waals surface area (Å²) in [4.78, 5) is 24.5. The Kier molecular flexibility index (Phi) is 5.84. The molecule has 6 heteroatoms. The fourth-order valence-corrected chi connectivity index (χ4v) is 3.41. The second kappa shape index (κ2) is 8.11. The van der Waals surface area contributed by atoms with Gasteiger partial charge >= 0.3 is 0 Å². The fraction of sp³-hybridized carbons (Fsp3) is 0.300. The third-order valence-electron chi connectivity index (χ3n) is 4.46. The van der Waals surface area contributed by atoms with E-state index in [4.69, 9.17) is 23.2 Å². The van der Waals surface area contributed by atoms with Crippen LogP contribution in [-0.4, -0.2) is 18.4 Å². The lowest BCUT2D eigenvalue weighted by molar-refractivity contribution is -0.125. The molecule has 136 valence electrons.